The molecule has 1 heterocycles. The average Bonchev–Trinajstić information content (AvgIpc) is 2.61. The standard InChI is InChI=1S/C18H12F4N4O/c1-9-23-14(8-15(24-9)25-11-4-2-3-10(19)7-11)18(27)26-13-6-5-12(20)16(21)17(13)22/h2-8H,1H3,(H,26,27)(H,23,24,25). The predicted octanol–water partition coefficient (Wildman–Crippen LogP) is 4.34. The summed E-state index contributed by atoms with van der Waals surface area (Å²) >= 11 is 0. The van der Waals surface area contributed by atoms with Crippen LogP contribution < -0.4 is 10.6 Å². The molecule has 138 valence electrons. The monoisotopic (exact) mass is 376 g/mol. The molecule has 0 aliphatic carbocycles. The molecule has 2 aromatic carbocycles. The van der Waals surface area contributed by atoms with Gasteiger partial charge in [0.2, 0.25) is 0 Å². The third-order valence-corrected chi connectivity index (χ3v) is 3.45. The fourth-order valence-electron chi connectivity index (χ4n) is 2.27. The number of carbonyl (C=O) groups is 1. The van der Waals surface area contributed by atoms with Gasteiger partial charge in [-0.3, -0.25) is 4.79 Å². The number of rotatable bonds is 4. The van der Waals surface area contributed by atoms with Crippen LogP contribution in [-0.4, -0.2) is 15.9 Å². The quantitative estimate of drug-likeness (QED) is 0.525. The van der Waals surface area contributed by atoms with Crippen LogP contribution in [0.1, 0.15) is 16.3 Å². The van der Waals surface area contributed by atoms with E-state index in [4.69, 9.17) is 0 Å². The van der Waals surface area contributed by atoms with Crippen molar-refractivity contribution in [1.82, 2.24) is 9.97 Å². The van der Waals surface area contributed by atoms with Crippen LogP contribution >= 0.6 is 0 Å². The number of nitrogens with one attached hydrogen (secondary N) is 2. The molecular formula is C18H12F4N4O. The van der Waals surface area contributed by atoms with Gasteiger partial charge in [0.25, 0.3) is 5.91 Å². The number of hydrogen-bond acceptors (Lipinski definition) is 4. The number of amides is 1. The lowest BCUT2D eigenvalue weighted by atomic mass is 10.2. The molecule has 3 aromatic rings. The Balaban J connectivity index is 1.85. The number of halogens is 4. The van der Waals surface area contributed by atoms with Crippen LogP contribution in [0.25, 0.3) is 0 Å². The predicted molar refractivity (Wildman–Crippen MR) is 90.7 cm³/mol. The van der Waals surface area contributed by atoms with Gasteiger partial charge in [-0.1, -0.05) is 6.07 Å². The molecule has 0 saturated carbocycles. The van der Waals surface area contributed by atoms with E-state index in [0.29, 0.717) is 11.8 Å². The zero-order valence-electron chi connectivity index (χ0n) is 13.9. The van der Waals surface area contributed by atoms with Gasteiger partial charge in [0, 0.05) is 11.8 Å². The second kappa shape index (κ2) is 7.40. The molecule has 0 radical (unpaired) electrons. The maximum atomic E-state index is 13.7. The molecule has 0 saturated heterocycles. The van der Waals surface area contributed by atoms with Crippen LogP contribution in [0.3, 0.4) is 0 Å². The first kappa shape index (κ1) is 18.3. The molecule has 1 aromatic heterocycles. The van der Waals surface area contributed by atoms with E-state index in [1.165, 1.54) is 31.2 Å². The van der Waals surface area contributed by atoms with Crippen molar-refractivity contribution in [3.8, 4) is 0 Å². The highest BCUT2D eigenvalue weighted by atomic mass is 19.2. The summed E-state index contributed by atoms with van der Waals surface area (Å²) in [6.45, 7) is 1.52. The first-order valence-electron chi connectivity index (χ1n) is 7.66. The third kappa shape index (κ3) is 4.20. The van der Waals surface area contributed by atoms with Gasteiger partial charge in [-0.2, -0.15) is 0 Å². The molecule has 0 unspecified atom stereocenters. The number of anilines is 3. The van der Waals surface area contributed by atoms with E-state index in [1.54, 1.807) is 6.07 Å². The number of aromatic nitrogens is 2. The van der Waals surface area contributed by atoms with Crippen molar-refractivity contribution >= 4 is 23.1 Å². The Bertz CT molecular complexity index is 1030. The van der Waals surface area contributed by atoms with Crippen LogP contribution in [0, 0.1) is 30.2 Å². The largest absolute Gasteiger partial charge is 0.340 e. The SMILES string of the molecule is Cc1nc(Nc2cccc(F)c2)cc(C(=O)Nc2ccc(F)c(F)c2F)n1. The van der Waals surface area contributed by atoms with Crippen LogP contribution in [-0.2, 0) is 0 Å². The molecular weight excluding hydrogens is 364 g/mol. The van der Waals surface area contributed by atoms with Gasteiger partial charge in [-0.25, -0.2) is 27.5 Å². The molecule has 5 nitrogen and oxygen atoms in total. The van der Waals surface area contributed by atoms with Crippen molar-refractivity contribution in [3.05, 3.63) is 77.3 Å². The highest BCUT2D eigenvalue weighted by Crippen LogP contribution is 2.21. The van der Waals surface area contributed by atoms with Crippen molar-refractivity contribution in [2.75, 3.05) is 10.6 Å². The summed E-state index contributed by atoms with van der Waals surface area (Å²) in [5.74, 6) is -5.49. The summed E-state index contributed by atoms with van der Waals surface area (Å²) < 4.78 is 53.2. The van der Waals surface area contributed by atoms with E-state index in [2.05, 4.69) is 20.6 Å². The first-order chi connectivity index (χ1) is 12.8. The number of benzene rings is 2. The highest BCUT2D eigenvalue weighted by molar-refractivity contribution is 6.03. The Labute approximate surface area is 151 Å². The fourth-order valence-corrected chi connectivity index (χ4v) is 2.27. The van der Waals surface area contributed by atoms with Gasteiger partial charge < -0.3 is 10.6 Å². The topological polar surface area (TPSA) is 66.9 Å². The van der Waals surface area contributed by atoms with E-state index in [1.807, 2.05) is 0 Å². The molecule has 9 heteroatoms. The molecule has 3 rings (SSSR count). The number of nitrogens with zero attached hydrogens (tertiary/aromatic N) is 2. The second-order valence-corrected chi connectivity index (χ2v) is 5.50. The third-order valence-electron chi connectivity index (χ3n) is 3.45. The maximum absolute atomic E-state index is 13.7. The molecule has 0 spiro atoms. The molecule has 27 heavy (non-hydrogen) atoms. The molecule has 0 fully saturated rings. The van der Waals surface area contributed by atoms with Crippen molar-refractivity contribution in [2.45, 2.75) is 6.92 Å². The average molecular weight is 376 g/mol. The van der Waals surface area contributed by atoms with E-state index in [-0.39, 0.29) is 17.3 Å². The summed E-state index contributed by atoms with van der Waals surface area (Å²) in [5.41, 5.74) is -0.286. The van der Waals surface area contributed by atoms with Crippen molar-refractivity contribution in [2.24, 2.45) is 0 Å². The van der Waals surface area contributed by atoms with Gasteiger partial charge in [0.05, 0.1) is 5.69 Å². The van der Waals surface area contributed by atoms with Crippen LogP contribution in [0.15, 0.2) is 42.5 Å². The van der Waals surface area contributed by atoms with Gasteiger partial charge in [0.1, 0.15) is 23.2 Å². The van der Waals surface area contributed by atoms with Crippen molar-refractivity contribution in [1.29, 1.82) is 0 Å². The zero-order chi connectivity index (χ0) is 19.6. The molecule has 0 bridgehead atoms. The Morgan fingerprint density at radius 1 is 0.963 bits per heavy atom. The van der Waals surface area contributed by atoms with Crippen molar-refractivity contribution < 1.29 is 22.4 Å². The van der Waals surface area contributed by atoms with E-state index >= 15 is 0 Å². The lowest BCUT2D eigenvalue weighted by Gasteiger charge is -2.10. The minimum atomic E-state index is -1.69. The Hall–Kier alpha value is -3.49. The minimum absolute atomic E-state index is 0.148. The normalized spacial score (nSPS) is 10.6. The highest BCUT2D eigenvalue weighted by Gasteiger charge is 2.17. The molecule has 0 atom stereocenters. The van der Waals surface area contributed by atoms with Gasteiger partial charge >= 0.3 is 0 Å². The molecule has 1 amide bonds. The lowest BCUT2D eigenvalue weighted by molar-refractivity contribution is 0.102. The van der Waals surface area contributed by atoms with Crippen LogP contribution in [0.4, 0.5) is 34.8 Å². The van der Waals surface area contributed by atoms with Gasteiger partial charge in [-0.15, -0.1) is 0 Å². The number of aryl methyl sites for hydroxylation is 1. The lowest BCUT2D eigenvalue weighted by Crippen LogP contribution is -2.17. The summed E-state index contributed by atoms with van der Waals surface area (Å²) in [4.78, 5) is 20.3. The fraction of sp³-hybridized carbons (Fsp3) is 0.0556. The van der Waals surface area contributed by atoms with Crippen molar-refractivity contribution in [3.63, 3.8) is 0 Å². The summed E-state index contributed by atoms with van der Waals surface area (Å²) in [7, 11) is 0. The summed E-state index contributed by atoms with van der Waals surface area (Å²) in [6.07, 6.45) is 0. The first-order valence-corrected chi connectivity index (χ1v) is 7.66. The van der Waals surface area contributed by atoms with Gasteiger partial charge in [0.15, 0.2) is 17.5 Å². The van der Waals surface area contributed by atoms with E-state index in [9.17, 15) is 22.4 Å². The van der Waals surface area contributed by atoms with Gasteiger partial charge in [-0.05, 0) is 37.3 Å². The van der Waals surface area contributed by atoms with Crippen LogP contribution in [0.2, 0.25) is 0 Å². The minimum Gasteiger partial charge on any atom is -0.340 e. The number of carbonyl (C=O) groups excluding carboxylic acids is 1. The Kier molecular flexibility index (Phi) is 5.02. The Morgan fingerprint density at radius 3 is 2.48 bits per heavy atom. The molecule has 2 N–H and O–H groups in total. The smallest absolute Gasteiger partial charge is 0.274 e. The van der Waals surface area contributed by atoms with E-state index in [0.717, 1.165) is 6.07 Å². The van der Waals surface area contributed by atoms with E-state index < -0.39 is 34.9 Å². The second-order valence-electron chi connectivity index (χ2n) is 5.50. The molecule has 0 aliphatic rings. The molecule has 0 aliphatic heterocycles. The number of hydrogen-bond donors (Lipinski definition) is 2. The summed E-state index contributed by atoms with van der Waals surface area (Å²) in [5, 5.41) is 4.94. The zero-order valence-corrected chi connectivity index (χ0v) is 13.9. The maximum Gasteiger partial charge on any atom is 0.274 e. The summed E-state index contributed by atoms with van der Waals surface area (Å²) in [6, 6.07) is 8.43. The van der Waals surface area contributed by atoms with Crippen LogP contribution in [0.5, 0.6) is 0 Å². The Morgan fingerprint density at radius 2 is 1.74 bits per heavy atom.